The Morgan fingerprint density at radius 3 is 2.57 bits per heavy atom. The Morgan fingerprint density at radius 2 is 1.93 bits per heavy atom. The molecule has 3 heteroatoms. The van der Waals surface area contributed by atoms with Gasteiger partial charge in [0.2, 0.25) is 0 Å². The minimum atomic E-state index is 0.816. The molecule has 0 aromatic heterocycles. The average Bonchev–Trinajstić information content (AvgIpc) is 2.63. The van der Waals surface area contributed by atoms with Crippen LogP contribution in [-0.4, -0.2) is 61.8 Å². The highest BCUT2D eigenvalue weighted by Gasteiger charge is 2.20. The molecule has 0 saturated carbocycles. The van der Waals surface area contributed by atoms with Gasteiger partial charge in [-0.3, -0.25) is 9.80 Å². The van der Waals surface area contributed by atoms with Gasteiger partial charge in [0.25, 0.3) is 0 Å². The molecule has 2 rings (SSSR count). The highest BCUT2D eigenvalue weighted by Crippen LogP contribution is 2.15. The van der Waals surface area contributed by atoms with Gasteiger partial charge in [-0.15, -0.1) is 0 Å². The van der Waals surface area contributed by atoms with Crippen LogP contribution >= 0.6 is 0 Å². The zero-order valence-corrected chi connectivity index (χ0v) is 9.24. The van der Waals surface area contributed by atoms with Gasteiger partial charge in [-0.25, -0.2) is 0 Å². The summed E-state index contributed by atoms with van der Waals surface area (Å²) in [4.78, 5) is 5.14. The highest BCUT2D eigenvalue weighted by atomic mass is 16.5. The van der Waals surface area contributed by atoms with Gasteiger partial charge in [-0.1, -0.05) is 0 Å². The number of nitrogens with zero attached hydrogens (tertiary/aromatic N) is 2. The van der Waals surface area contributed by atoms with Crippen LogP contribution in [0.1, 0.15) is 19.8 Å². The summed E-state index contributed by atoms with van der Waals surface area (Å²) in [5, 5.41) is 0. The van der Waals surface area contributed by atoms with Crippen LogP contribution in [-0.2, 0) is 4.74 Å². The third kappa shape index (κ3) is 2.69. The van der Waals surface area contributed by atoms with E-state index in [0.29, 0.717) is 0 Å². The molecule has 2 saturated heterocycles. The number of hydrogen-bond acceptors (Lipinski definition) is 3. The molecule has 82 valence electrons. The van der Waals surface area contributed by atoms with Crippen molar-refractivity contribution >= 4 is 0 Å². The summed E-state index contributed by atoms with van der Waals surface area (Å²) in [6.45, 7) is 10.3. The van der Waals surface area contributed by atoms with Crippen LogP contribution in [0, 0.1) is 0 Å². The molecule has 0 unspecified atom stereocenters. The molecule has 1 atom stereocenters. The third-order valence-corrected chi connectivity index (χ3v) is 3.50. The predicted octanol–water partition coefficient (Wildman–Crippen LogP) is 0.803. The molecule has 2 heterocycles. The molecule has 0 aliphatic carbocycles. The van der Waals surface area contributed by atoms with Crippen LogP contribution in [0.2, 0.25) is 0 Å². The van der Waals surface area contributed by atoms with Crippen molar-refractivity contribution in [3.8, 4) is 0 Å². The van der Waals surface area contributed by atoms with Crippen molar-refractivity contribution in [1.82, 2.24) is 9.80 Å². The van der Waals surface area contributed by atoms with E-state index in [1.54, 1.807) is 0 Å². The van der Waals surface area contributed by atoms with E-state index in [1.165, 1.54) is 32.5 Å². The van der Waals surface area contributed by atoms with E-state index in [1.807, 2.05) is 0 Å². The molecule has 2 fully saturated rings. The van der Waals surface area contributed by atoms with Gasteiger partial charge in [0.1, 0.15) is 0 Å². The lowest BCUT2D eigenvalue weighted by molar-refractivity contribution is 0.0330. The van der Waals surface area contributed by atoms with Crippen molar-refractivity contribution in [3.05, 3.63) is 0 Å². The lowest BCUT2D eigenvalue weighted by Crippen LogP contribution is -2.42. The standard InChI is InChI=1S/C11H22N2O/c1-11-3-2-4-13(11)6-5-12-7-9-14-10-8-12/h11H,2-10H2,1H3/t11-/m1/s1. The summed E-state index contributed by atoms with van der Waals surface area (Å²) in [7, 11) is 0. The molecule has 0 spiro atoms. The molecular weight excluding hydrogens is 176 g/mol. The number of morpholine rings is 1. The first kappa shape index (κ1) is 10.4. The number of rotatable bonds is 3. The van der Waals surface area contributed by atoms with Gasteiger partial charge in [-0.05, 0) is 26.3 Å². The molecule has 2 aliphatic heterocycles. The van der Waals surface area contributed by atoms with Crippen molar-refractivity contribution in [2.24, 2.45) is 0 Å². The fourth-order valence-corrected chi connectivity index (χ4v) is 2.42. The second-order valence-electron chi connectivity index (χ2n) is 4.48. The number of likely N-dealkylation sites (tertiary alicyclic amines) is 1. The molecular formula is C11H22N2O. The van der Waals surface area contributed by atoms with Gasteiger partial charge < -0.3 is 4.74 Å². The van der Waals surface area contributed by atoms with Crippen molar-refractivity contribution in [2.45, 2.75) is 25.8 Å². The smallest absolute Gasteiger partial charge is 0.0594 e. The zero-order chi connectivity index (χ0) is 9.80. The van der Waals surface area contributed by atoms with E-state index in [9.17, 15) is 0 Å². The first-order chi connectivity index (χ1) is 6.86. The first-order valence-corrected chi connectivity index (χ1v) is 5.90. The SMILES string of the molecule is C[C@@H]1CCCN1CCN1CCOCC1. The van der Waals surface area contributed by atoms with Gasteiger partial charge in [0.15, 0.2) is 0 Å². The number of ether oxygens (including phenoxy) is 1. The second kappa shape index (κ2) is 5.10. The Kier molecular flexibility index (Phi) is 3.79. The molecule has 0 bridgehead atoms. The van der Waals surface area contributed by atoms with Crippen LogP contribution in [0.3, 0.4) is 0 Å². The summed E-state index contributed by atoms with van der Waals surface area (Å²) < 4.78 is 5.34. The lowest BCUT2D eigenvalue weighted by Gasteiger charge is -2.29. The van der Waals surface area contributed by atoms with E-state index < -0.39 is 0 Å². The Labute approximate surface area is 87.0 Å². The Bertz CT molecular complexity index is 169. The van der Waals surface area contributed by atoms with Gasteiger partial charge in [0, 0.05) is 32.2 Å². The zero-order valence-electron chi connectivity index (χ0n) is 9.24. The second-order valence-corrected chi connectivity index (χ2v) is 4.48. The van der Waals surface area contributed by atoms with Crippen molar-refractivity contribution < 1.29 is 4.74 Å². The first-order valence-electron chi connectivity index (χ1n) is 5.90. The minimum absolute atomic E-state index is 0.816. The van der Waals surface area contributed by atoms with Crippen LogP contribution in [0.5, 0.6) is 0 Å². The van der Waals surface area contributed by atoms with Crippen LogP contribution in [0.15, 0.2) is 0 Å². The van der Waals surface area contributed by atoms with Crippen LogP contribution in [0.4, 0.5) is 0 Å². The Morgan fingerprint density at radius 1 is 1.14 bits per heavy atom. The molecule has 0 aromatic rings. The van der Waals surface area contributed by atoms with Crippen molar-refractivity contribution in [2.75, 3.05) is 45.9 Å². The molecule has 0 aromatic carbocycles. The van der Waals surface area contributed by atoms with Gasteiger partial charge in [0.05, 0.1) is 13.2 Å². The normalized spacial score (nSPS) is 31.1. The maximum atomic E-state index is 5.34. The lowest BCUT2D eigenvalue weighted by atomic mass is 10.2. The summed E-state index contributed by atoms with van der Waals surface area (Å²) in [6.07, 6.45) is 2.79. The largest absolute Gasteiger partial charge is 0.379 e. The fourth-order valence-electron chi connectivity index (χ4n) is 2.42. The third-order valence-electron chi connectivity index (χ3n) is 3.50. The quantitative estimate of drug-likeness (QED) is 0.667. The summed E-state index contributed by atoms with van der Waals surface area (Å²) in [5.41, 5.74) is 0. The molecule has 0 N–H and O–H groups in total. The van der Waals surface area contributed by atoms with E-state index >= 15 is 0 Å². The van der Waals surface area contributed by atoms with Crippen molar-refractivity contribution in [1.29, 1.82) is 0 Å². The molecule has 0 radical (unpaired) electrons. The highest BCUT2D eigenvalue weighted by molar-refractivity contribution is 4.76. The number of hydrogen-bond donors (Lipinski definition) is 0. The van der Waals surface area contributed by atoms with E-state index in [0.717, 1.165) is 32.3 Å². The molecule has 3 nitrogen and oxygen atoms in total. The fraction of sp³-hybridized carbons (Fsp3) is 1.00. The predicted molar refractivity (Wildman–Crippen MR) is 57.5 cm³/mol. The van der Waals surface area contributed by atoms with Crippen LogP contribution < -0.4 is 0 Å². The van der Waals surface area contributed by atoms with E-state index in [4.69, 9.17) is 4.74 Å². The summed E-state index contributed by atoms with van der Waals surface area (Å²) in [5.74, 6) is 0. The van der Waals surface area contributed by atoms with Gasteiger partial charge >= 0.3 is 0 Å². The maximum Gasteiger partial charge on any atom is 0.0594 e. The monoisotopic (exact) mass is 198 g/mol. The maximum absolute atomic E-state index is 5.34. The molecule has 14 heavy (non-hydrogen) atoms. The van der Waals surface area contributed by atoms with Crippen molar-refractivity contribution in [3.63, 3.8) is 0 Å². The molecule has 0 amide bonds. The Hall–Kier alpha value is -0.120. The summed E-state index contributed by atoms with van der Waals surface area (Å²) in [6, 6.07) is 0.816. The molecule has 2 aliphatic rings. The topological polar surface area (TPSA) is 15.7 Å². The van der Waals surface area contributed by atoms with E-state index in [-0.39, 0.29) is 0 Å². The Balaban J connectivity index is 1.65. The summed E-state index contributed by atoms with van der Waals surface area (Å²) >= 11 is 0. The van der Waals surface area contributed by atoms with E-state index in [2.05, 4.69) is 16.7 Å². The average molecular weight is 198 g/mol. The minimum Gasteiger partial charge on any atom is -0.379 e. The van der Waals surface area contributed by atoms with Crippen LogP contribution in [0.25, 0.3) is 0 Å². The van der Waals surface area contributed by atoms with Gasteiger partial charge in [-0.2, -0.15) is 0 Å².